The zero-order chi connectivity index (χ0) is 22.4. The number of aromatic nitrogens is 2. The lowest BCUT2D eigenvalue weighted by atomic mass is 10.2. The third-order valence-corrected chi connectivity index (χ3v) is 6.04. The van der Waals surface area contributed by atoms with E-state index in [0.717, 1.165) is 33.4 Å². The van der Waals surface area contributed by atoms with Gasteiger partial charge in [-0.05, 0) is 54.3 Å². The highest BCUT2D eigenvalue weighted by molar-refractivity contribution is 7.99. The van der Waals surface area contributed by atoms with Crippen molar-refractivity contribution in [3.05, 3.63) is 64.3 Å². The smallest absolute Gasteiger partial charge is 0.282 e. The van der Waals surface area contributed by atoms with Gasteiger partial charge in [0.05, 0.1) is 30.3 Å². The lowest BCUT2D eigenvalue weighted by molar-refractivity contribution is 0.414. The molecular formula is C22H24N4O3S2. The first-order valence-electron chi connectivity index (χ1n) is 9.45. The van der Waals surface area contributed by atoms with E-state index >= 15 is 0 Å². The van der Waals surface area contributed by atoms with Crippen LogP contribution in [0.15, 0.2) is 63.7 Å². The van der Waals surface area contributed by atoms with E-state index in [1.807, 2.05) is 29.6 Å². The Kier molecular flexibility index (Phi) is 7.43. The van der Waals surface area contributed by atoms with Crippen LogP contribution < -0.4 is 26.5 Å². The van der Waals surface area contributed by atoms with Crippen LogP contribution in [0.5, 0.6) is 11.5 Å². The third-order valence-electron chi connectivity index (χ3n) is 4.36. The number of hydrogen-bond donors (Lipinski definition) is 2. The molecule has 2 heterocycles. The summed E-state index contributed by atoms with van der Waals surface area (Å²) in [4.78, 5) is 12.7. The van der Waals surface area contributed by atoms with Gasteiger partial charge in [-0.2, -0.15) is 9.78 Å². The van der Waals surface area contributed by atoms with E-state index in [2.05, 4.69) is 12.0 Å². The summed E-state index contributed by atoms with van der Waals surface area (Å²) in [5.41, 5.74) is 12.7. The Labute approximate surface area is 188 Å². The summed E-state index contributed by atoms with van der Waals surface area (Å²) in [6, 6.07) is 14.5. The Morgan fingerprint density at radius 3 is 2.13 bits per heavy atom. The van der Waals surface area contributed by atoms with E-state index in [-0.39, 0.29) is 5.56 Å². The molecule has 0 unspecified atom stereocenters. The second-order valence-electron chi connectivity index (χ2n) is 6.31. The maximum absolute atomic E-state index is 12.7. The molecule has 0 saturated carbocycles. The highest BCUT2D eigenvalue weighted by atomic mass is 32.2. The van der Waals surface area contributed by atoms with Gasteiger partial charge in [-0.15, -0.1) is 23.1 Å². The summed E-state index contributed by atoms with van der Waals surface area (Å²) in [6.45, 7) is 2.05. The Morgan fingerprint density at radius 2 is 1.58 bits per heavy atom. The number of rotatable bonds is 5. The van der Waals surface area contributed by atoms with Crippen molar-refractivity contribution in [2.45, 2.75) is 11.9 Å². The first-order valence-corrected chi connectivity index (χ1v) is 11.3. The second kappa shape index (κ2) is 10.2. The fraction of sp³-hybridized carbons (Fsp3) is 0.182. The van der Waals surface area contributed by atoms with E-state index in [0.29, 0.717) is 16.1 Å². The summed E-state index contributed by atoms with van der Waals surface area (Å²) >= 11 is 2.97. The first kappa shape index (κ1) is 22.5. The van der Waals surface area contributed by atoms with Gasteiger partial charge >= 0.3 is 0 Å². The number of thioether (sulfide) groups is 1. The van der Waals surface area contributed by atoms with Gasteiger partial charge in [-0.25, -0.2) is 0 Å². The molecule has 0 aliphatic rings. The molecule has 0 amide bonds. The topological polar surface area (TPSA) is 105 Å². The quantitative estimate of drug-likeness (QED) is 0.338. The Bertz CT molecular complexity index is 1200. The minimum atomic E-state index is -0.195. The molecule has 0 saturated heterocycles. The van der Waals surface area contributed by atoms with Crippen LogP contribution in [-0.4, -0.2) is 29.8 Å². The van der Waals surface area contributed by atoms with Gasteiger partial charge in [-0.1, -0.05) is 6.92 Å². The molecular weight excluding hydrogens is 432 g/mol. The molecule has 162 valence electrons. The Hall–Kier alpha value is -3.17. The molecule has 4 rings (SSSR count). The zero-order valence-corrected chi connectivity index (χ0v) is 19.1. The predicted octanol–water partition coefficient (Wildman–Crippen LogP) is 4.43. The number of ether oxygens (including phenoxy) is 2. The van der Waals surface area contributed by atoms with Crippen molar-refractivity contribution in [3.63, 3.8) is 0 Å². The number of anilines is 2. The number of fused-ring (bicyclic) bond motifs is 1. The number of nitrogens with two attached hydrogens (primary N) is 2. The van der Waals surface area contributed by atoms with Crippen LogP contribution in [0.4, 0.5) is 10.7 Å². The van der Waals surface area contributed by atoms with Crippen LogP contribution in [0.1, 0.15) is 6.92 Å². The van der Waals surface area contributed by atoms with Gasteiger partial charge in [0.1, 0.15) is 16.5 Å². The molecule has 7 nitrogen and oxygen atoms in total. The summed E-state index contributed by atoms with van der Waals surface area (Å²) in [5.74, 6) is 2.44. The van der Waals surface area contributed by atoms with Gasteiger partial charge < -0.3 is 20.9 Å². The largest absolute Gasteiger partial charge is 0.497 e. The molecule has 4 aromatic rings. The van der Waals surface area contributed by atoms with Crippen molar-refractivity contribution < 1.29 is 9.47 Å². The molecule has 0 aliphatic carbocycles. The van der Waals surface area contributed by atoms with Crippen molar-refractivity contribution in [1.82, 2.24) is 9.78 Å². The van der Waals surface area contributed by atoms with Crippen LogP contribution in [-0.2, 0) is 0 Å². The average molecular weight is 457 g/mol. The van der Waals surface area contributed by atoms with E-state index in [4.69, 9.17) is 20.9 Å². The standard InChI is InChI=1S/C15H15N3O2S2.C7H9NO/c1-3-21-14-11-8-22-13(16)12(11)15(19)18(17-14)9-4-6-10(20-2)7-5-9;1-9-7-4-2-6(8)3-5-7/h4-8H,3,16H2,1-2H3;2-5H,8H2,1H3. The van der Waals surface area contributed by atoms with Gasteiger partial charge in [-0.3, -0.25) is 4.79 Å². The van der Waals surface area contributed by atoms with Gasteiger partial charge in [0.2, 0.25) is 0 Å². The molecule has 0 spiro atoms. The van der Waals surface area contributed by atoms with Crippen molar-refractivity contribution >= 4 is 44.6 Å². The van der Waals surface area contributed by atoms with Crippen LogP contribution in [0.3, 0.4) is 0 Å². The lowest BCUT2D eigenvalue weighted by Gasteiger charge is -2.09. The van der Waals surface area contributed by atoms with Gasteiger partial charge in [0.15, 0.2) is 0 Å². The molecule has 4 N–H and O–H groups in total. The van der Waals surface area contributed by atoms with Crippen molar-refractivity contribution in [2.24, 2.45) is 0 Å². The molecule has 0 atom stereocenters. The number of thiophene rings is 1. The SMILES string of the molecule is CCSc1nn(-c2ccc(OC)cc2)c(=O)c2c(N)scc12.COc1ccc(N)cc1. The molecule has 0 radical (unpaired) electrons. The van der Waals surface area contributed by atoms with E-state index < -0.39 is 0 Å². The molecule has 2 aromatic heterocycles. The van der Waals surface area contributed by atoms with E-state index in [9.17, 15) is 4.79 Å². The number of nitrogens with zero attached hydrogens (tertiary/aromatic N) is 2. The van der Waals surface area contributed by atoms with Crippen LogP contribution in [0.2, 0.25) is 0 Å². The van der Waals surface area contributed by atoms with Crippen molar-refractivity contribution in [2.75, 3.05) is 31.4 Å². The molecule has 0 aliphatic heterocycles. The number of methoxy groups -OCH3 is 2. The third kappa shape index (κ3) is 5.12. The minimum Gasteiger partial charge on any atom is -0.497 e. The van der Waals surface area contributed by atoms with Crippen LogP contribution in [0.25, 0.3) is 16.5 Å². The maximum atomic E-state index is 12.7. The normalized spacial score (nSPS) is 10.4. The van der Waals surface area contributed by atoms with Crippen molar-refractivity contribution in [3.8, 4) is 17.2 Å². The van der Waals surface area contributed by atoms with E-state index in [1.165, 1.54) is 16.0 Å². The fourth-order valence-corrected chi connectivity index (χ4v) is 4.39. The highest BCUT2D eigenvalue weighted by Crippen LogP contribution is 2.32. The average Bonchev–Trinajstić information content (AvgIpc) is 3.19. The minimum absolute atomic E-state index is 0.195. The number of benzene rings is 2. The summed E-state index contributed by atoms with van der Waals surface area (Å²) < 4.78 is 11.5. The van der Waals surface area contributed by atoms with Crippen LogP contribution in [0, 0.1) is 0 Å². The number of nitrogen functional groups attached to an aromatic ring is 2. The Morgan fingerprint density at radius 1 is 1.00 bits per heavy atom. The molecule has 0 bridgehead atoms. The lowest BCUT2D eigenvalue weighted by Crippen LogP contribution is -2.22. The monoisotopic (exact) mass is 456 g/mol. The maximum Gasteiger partial charge on any atom is 0.282 e. The molecule has 0 fully saturated rings. The second-order valence-corrected chi connectivity index (χ2v) is 8.48. The highest BCUT2D eigenvalue weighted by Gasteiger charge is 2.16. The van der Waals surface area contributed by atoms with Gasteiger partial charge in [0, 0.05) is 16.5 Å². The summed E-state index contributed by atoms with van der Waals surface area (Å²) in [5, 5.41) is 9.14. The molecule has 31 heavy (non-hydrogen) atoms. The first-order chi connectivity index (χ1) is 15.0. The van der Waals surface area contributed by atoms with Crippen molar-refractivity contribution in [1.29, 1.82) is 0 Å². The van der Waals surface area contributed by atoms with Gasteiger partial charge in [0.25, 0.3) is 5.56 Å². The molecule has 2 aromatic carbocycles. The summed E-state index contributed by atoms with van der Waals surface area (Å²) in [7, 11) is 3.24. The van der Waals surface area contributed by atoms with E-state index in [1.54, 1.807) is 50.2 Å². The summed E-state index contributed by atoms with van der Waals surface area (Å²) in [6.07, 6.45) is 0. The zero-order valence-electron chi connectivity index (χ0n) is 17.5. The molecule has 9 heteroatoms. The van der Waals surface area contributed by atoms with Crippen LogP contribution >= 0.6 is 23.1 Å². The Balaban J connectivity index is 0.000000254. The predicted molar refractivity (Wildman–Crippen MR) is 130 cm³/mol. The fourth-order valence-electron chi connectivity index (χ4n) is 2.79. The number of hydrogen-bond acceptors (Lipinski definition) is 8.